The lowest BCUT2D eigenvalue weighted by Gasteiger charge is -2.16. The second-order valence-corrected chi connectivity index (χ2v) is 4.92. The number of rotatable bonds is 5. The first-order valence-electron chi connectivity index (χ1n) is 7.17. The van der Waals surface area contributed by atoms with E-state index in [1.54, 1.807) is 6.07 Å². The van der Waals surface area contributed by atoms with Crippen molar-refractivity contribution in [2.24, 2.45) is 0 Å². The molecule has 0 bridgehead atoms. The van der Waals surface area contributed by atoms with E-state index >= 15 is 0 Å². The van der Waals surface area contributed by atoms with Crippen molar-refractivity contribution in [2.45, 2.75) is 38.8 Å². The number of benzene rings is 1. The predicted molar refractivity (Wildman–Crippen MR) is 76.8 cm³/mol. The normalized spacial score (nSPS) is 19.2. The number of carbonyl (C=O) groups is 1. The number of hydrogen-bond acceptors (Lipinski definition) is 4. The van der Waals surface area contributed by atoms with E-state index in [0.29, 0.717) is 18.9 Å². The summed E-state index contributed by atoms with van der Waals surface area (Å²) in [4.78, 5) is 11.8. The van der Waals surface area contributed by atoms with E-state index in [9.17, 15) is 9.90 Å². The molecule has 1 aliphatic rings. The van der Waals surface area contributed by atoms with E-state index in [4.69, 9.17) is 4.74 Å². The molecule has 1 amide bonds. The van der Waals surface area contributed by atoms with Gasteiger partial charge in [0.05, 0.1) is 12.6 Å². The van der Waals surface area contributed by atoms with Gasteiger partial charge in [0.25, 0.3) is 0 Å². The Morgan fingerprint density at radius 2 is 2.30 bits per heavy atom. The van der Waals surface area contributed by atoms with Gasteiger partial charge in [-0.3, -0.25) is 4.79 Å². The monoisotopic (exact) mass is 278 g/mol. The molecule has 0 spiro atoms. The molecule has 1 saturated heterocycles. The zero-order valence-corrected chi connectivity index (χ0v) is 11.8. The van der Waals surface area contributed by atoms with Crippen molar-refractivity contribution < 1.29 is 14.6 Å². The molecule has 1 aromatic carbocycles. The number of amides is 1. The lowest BCUT2D eigenvalue weighted by atomic mass is 10.1. The van der Waals surface area contributed by atoms with Crippen LogP contribution in [0, 0.1) is 0 Å². The zero-order valence-electron chi connectivity index (χ0n) is 11.8. The van der Waals surface area contributed by atoms with E-state index in [1.165, 1.54) is 0 Å². The molecule has 1 unspecified atom stereocenters. The smallest absolute Gasteiger partial charge is 0.237 e. The van der Waals surface area contributed by atoms with Crippen LogP contribution in [0.15, 0.2) is 18.2 Å². The summed E-state index contributed by atoms with van der Waals surface area (Å²) in [6.07, 6.45) is 2.88. The van der Waals surface area contributed by atoms with Crippen molar-refractivity contribution >= 4 is 5.91 Å². The van der Waals surface area contributed by atoms with Gasteiger partial charge in [0.15, 0.2) is 11.5 Å². The molecule has 1 fully saturated rings. The number of hydrogen-bond donors (Lipinski definition) is 3. The second-order valence-electron chi connectivity index (χ2n) is 4.92. The Labute approximate surface area is 119 Å². The Bertz CT molecular complexity index is 462. The van der Waals surface area contributed by atoms with E-state index in [1.807, 2.05) is 19.1 Å². The molecular weight excluding hydrogens is 256 g/mol. The number of aromatic hydroxyl groups is 1. The van der Waals surface area contributed by atoms with Gasteiger partial charge >= 0.3 is 0 Å². The van der Waals surface area contributed by atoms with Gasteiger partial charge in [-0.05, 0) is 32.3 Å². The molecule has 0 aromatic heterocycles. The third-order valence-electron chi connectivity index (χ3n) is 3.46. The Morgan fingerprint density at radius 1 is 1.45 bits per heavy atom. The van der Waals surface area contributed by atoms with Crippen LogP contribution in [0.4, 0.5) is 0 Å². The zero-order chi connectivity index (χ0) is 14.4. The van der Waals surface area contributed by atoms with Gasteiger partial charge in [0.2, 0.25) is 5.91 Å². The minimum Gasteiger partial charge on any atom is -0.504 e. The first kappa shape index (κ1) is 14.7. The Balaban J connectivity index is 1.99. The molecule has 110 valence electrons. The van der Waals surface area contributed by atoms with Crippen LogP contribution in [0.1, 0.15) is 31.7 Å². The molecule has 2 rings (SSSR count). The molecule has 0 aliphatic carbocycles. The van der Waals surface area contributed by atoms with Crippen molar-refractivity contribution in [1.82, 2.24) is 10.6 Å². The van der Waals surface area contributed by atoms with Gasteiger partial charge in [-0.15, -0.1) is 0 Å². The third-order valence-corrected chi connectivity index (χ3v) is 3.46. The lowest BCUT2D eigenvalue weighted by molar-refractivity contribution is -0.122. The molecule has 0 radical (unpaired) electrons. The third kappa shape index (κ3) is 3.63. The molecule has 1 heterocycles. The van der Waals surface area contributed by atoms with Gasteiger partial charge in [0.1, 0.15) is 0 Å². The highest BCUT2D eigenvalue weighted by Gasteiger charge is 2.20. The molecule has 5 nitrogen and oxygen atoms in total. The van der Waals surface area contributed by atoms with Gasteiger partial charge < -0.3 is 20.5 Å². The fourth-order valence-electron chi connectivity index (χ4n) is 2.35. The average Bonchev–Trinajstić information content (AvgIpc) is 2.65. The quantitative estimate of drug-likeness (QED) is 0.764. The standard InChI is InChI=1S/C15H22N2O3/c1-2-20-13-8-5-6-11(14(13)18)10-17-12-7-3-4-9-16-15(12)19/h5-6,8,12,17-18H,2-4,7,9-10H2,1H3,(H,16,19). The van der Waals surface area contributed by atoms with Crippen LogP contribution >= 0.6 is 0 Å². The fraction of sp³-hybridized carbons (Fsp3) is 0.533. The van der Waals surface area contributed by atoms with Gasteiger partial charge in [-0.2, -0.15) is 0 Å². The van der Waals surface area contributed by atoms with Crippen molar-refractivity contribution in [3.63, 3.8) is 0 Å². The largest absolute Gasteiger partial charge is 0.504 e. The van der Waals surface area contributed by atoms with Crippen LogP contribution in [0.3, 0.4) is 0 Å². The maximum absolute atomic E-state index is 11.8. The predicted octanol–water partition coefficient (Wildman–Crippen LogP) is 1.55. The summed E-state index contributed by atoms with van der Waals surface area (Å²) in [5.41, 5.74) is 0.744. The molecule has 1 atom stereocenters. The van der Waals surface area contributed by atoms with Crippen LogP contribution in [0.25, 0.3) is 0 Å². The molecule has 0 saturated carbocycles. The summed E-state index contributed by atoms with van der Waals surface area (Å²) >= 11 is 0. The maximum Gasteiger partial charge on any atom is 0.237 e. The number of ether oxygens (including phenoxy) is 1. The summed E-state index contributed by atoms with van der Waals surface area (Å²) in [5, 5.41) is 16.2. The highest BCUT2D eigenvalue weighted by atomic mass is 16.5. The Morgan fingerprint density at radius 3 is 3.10 bits per heavy atom. The summed E-state index contributed by atoms with van der Waals surface area (Å²) in [6, 6.07) is 5.22. The van der Waals surface area contributed by atoms with Gasteiger partial charge in [-0.1, -0.05) is 12.1 Å². The maximum atomic E-state index is 11.8. The number of para-hydroxylation sites is 1. The minimum atomic E-state index is -0.187. The highest BCUT2D eigenvalue weighted by Crippen LogP contribution is 2.29. The van der Waals surface area contributed by atoms with E-state index in [0.717, 1.165) is 31.4 Å². The van der Waals surface area contributed by atoms with E-state index < -0.39 is 0 Å². The number of phenols is 1. The summed E-state index contributed by atoms with van der Waals surface area (Å²) in [6.45, 7) is 3.59. The topological polar surface area (TPSA) is 70.6 Å². The Kier molecular flexibility index (Phi) is 5.24. The average molecular weight is 278 g/mol. The number of nitrogens with one attached hydrogen (secondary N) is 2. The van der Waals surface area contributed by atoms with Crippen molar-refractivity contribution in [3.8, 4) is 11.5 Å². The van der Waals surface area contributed by atoms with Gasteiger partial charge in [0, 0.05) is 18.7 Å². The first-order valence-corrected chi connectivity index (χ1v) is 7.17. The van der Waals surface area contributed by atoms with Crippen LogP contribution in [-0.4, -0.2) is 30.2 Å². The summed E-state index contributed by atoms with van der Waals surface area (Å²) in [7, 11) is 0. The number of carbonyl (C=O) groups excluding carboxylic acids is 1. The van der Waals surface area contributed by atoms with Crippen molar-refractivity contribution in [2.75, 3.05) is 13.2 Å². The van der Waals surface area contributed by atoms with Crippen LogP contribution in [-0.2, 0) is 11.3 Å². The molecule has 1 aliphatic heterocycles. The molecule has 3 N–H and O–H groups in total. The van der Waals surface area contributed by atoms with E-state index in [-0.39, 0.29) is 17.7 Å². The number of phenolic OH excluding ortho intramolecular Hbond substituents is 1. The molecule has 5 heteroatoms. The van der Waals surface area contributed by atoms with Crippen molar-refractivity contribution in [1.29, 1.82) is 0 Å². The summed E-state index contributed by atoms with van der Waals surface area (Å²) in [5.74, 6) is 0.677. The SMILES string of the molecule is CCOc1cccc(CNC2CCCCNC2=O)c1O. The molecular formula is C15H22N2O3. The second kappa shape index (κ2) is 7.14. The fourth-order valence-corrected chi connectivity index (χ4v) is 2.35. The first-order chi connectivity index (χ1) is 9.72. The van der Waals surface area contributed by atoms with Crippen LogP contribution in [0.5, 0.6) is 11.5 Å². The van der Waals surface area contributed by atoms with Crippen LogP contribution < -0.4 is 15.4 Å². The van der Waals surface area contributed by atoms with E-state index in [2.05, 4.69) is 10.6 Å². The lowest BCUT2D eigenvalue weighted by Crippen LogP contribution is -2.42. The summed E-state index contributed by atoms with van der Waals surface area (Å²) < 4.78 is 5.35. The minimum absolute atomic E-state index is 0.0444. The van der Waals surface area contributed by atoms with Crippen molar-refractivity contribution in [3.05, 3.63) is 23.8 Å². The Hall–Kier alpha value is -1.75. The molecule has 1 aromatic rings. The van der Waals surface area contributed by atoms with Gasteiger partial charge in [-0.25, -0.2) is 0 Å². The molecule has 20 heavy (non-hydrogen) atoms. The van der Waals surface area contributed by atoms with Crippen LogP contribution in [0.2, 0.25) is 0 Å². The highest BCUT2D eigenvalue weighted by molar-refractivity contribution is 5.81.